The molecule has 0 atom stereocenters. The van der Waals surface area contributed by atoms with E-state index in [-0.39, 0.29) is 23.4 Å². The summed E-state index contributed by atoms with van der Waals surface area (Å²) in [6, 6.07) is 2.97. The van der Waals surface area contributed by atoms with Crippen molar-refractivity contribution in [3.05, 3.63) is 42.7 Å². The van der Waals surface area contributed by atoms with E-state index in [2.05, 4.69) is 35.6 Å². The van der Waals surface area contributed by atoms with Gasteiger partial charge in [0.05, 0.1) is 30.9 Å². The molecule has 150 valence electrons. The van der Waals surface area contributed by atoms with Crippen molar-refractivity contribution in [1.29, 1.82) is 0 Å². The Bertz CT molecular complexity index is 1040. The summed E-state index contributed by atoms with van der Waals surface area (Å²) < 4.78 is 32.2. The first-order valence-electron chi connectivity index (χ1n) is 8.38. The van der Waals surface area contributed by atoms with Crippen LogP contribution in [0.3, 0.4) is 0 Å². The molecule has 3 heterocycles. The molecule has 0 spiro atoms. The molecule has 0 saturated heterocycles. The molecule has 9 nitrogen and oxygen atoms in total. The molecule has 0 aliphatic heterocycles. The fourth-order valence-corrected chi connectivity index (χ4v) is 2.37. The minimum absolute atomic E-state index is 0.133. The number of amides is 1. The van der Waals surface area contributed by atoms with Gasteiger partial charge in [0.15, 0.2) is 0 Å². The zero-order valence-electron chi connectivity index (χ0n) is 15.8. The van der Waals surface area contributed by atoms with Crippen LogP contribution in [0.2, 0.25) is 0 Å². The van der Waals surface area contributed by atoms with E-state index in [9.17, 15) is 13.6 Å². The van der Waals surface area contributed by atoms with Crippen molar-refractivity contribution in [2.24, 2.45) is 0 Å². The van der Waals surface area contributed by atoms with Gasteiger partial charge in [-0.25, -0.2) is 19.9 Å². The first-order chi connectivity index (χ1) is 13.8. The van der Waals surface area contributed by atoms with Crippen LogP contribution in [0.15, 0.2) is 36.9 Å². The van der Waals surface area contributed by atoms with Gasteiger partial charge < -0.3 is 15.4 Å². The molecular weight excluding hydrogens is 384 g/mol. The number of carbonyl (C=O) groups is 1. The highest BCUT2D eigenvalue weighted by molar-refractivity contribution is 5.89. The number of ether oxygens (including phenoxy) is 1. The zero-order chi connectivity index (χ0) is 21.0. The minimum Gasteiger partial charge on any atom is -0.480 e. The summed E-state index contributed by atoms with van der Waals surface area (Å²) in [5, 5.41) is 5.51. The number of carbonyl (C=O) groups excluding carboxylic acids is 1. The van der Waals surface area contributed by atoms with E-state index in [4.69, 9.17) is 4.74 Å². The highest BCUT2D eigenvalue weighted by Crippen LogP contribution is 2.31. The van der Waals surface area contributed by atoms with E-state index in [1.807, 2.05) is 0 Å². The number of hydrogen-bond acceptors (Lipinski definition) is 8. The number of aromatic nitrogens is 5. The lowest BCUT2D eigenvalue weighted by Gasteiger charge is -2.14. The second-order valence-electron chi connectivity index (χ2n) is 6.02. The quantitative estimate of drug-likeness (QED) is 0.647. The summed E-state index contributed by atoms with van der Waals surface area (Å²) in [6.45, 7) is 2.06. The SMILES string of the molecule is COc1cncc(-c2cnc(NC(C)=O)cc2Nc2ccnc(C(C)(F)F)n2)n1. The largest absolute Gasteiger partial charge is 0.480 e. The van der Waals surface area contributed by atoms with Crippen LogP contribution in [-0.2, 0) is 10.7 Å². The Morgan fingerprint density at radius 2 is 1.93 bits per heavy atom. The Morgan fingerprint density at radius 1 is 1.14 bits per heavy atom. The Morgan fingerprint density at radius 3 is 2.62 bits per heavy atom. The van der Waals surface area contributed by atoms with Crippen LogP contribution < -0.4 is 15.4 Å². The van der Waals surface area contributed by atoms with Crippen molar-refractivity contribution in [1.82, 2.24) is 24.9 Å². The summed E-state index contributed by atoms with van der Waals surface area (Å²) in [5.41, 5.74) is 1.33. The third-order valence-electron chi connectivity index (χ3n) is 3.62. The molecule has 1 amide bonds. The summed E-state index contributed by atoms with van der Waals surface area (Å²) in [4.78, 5) is 31.4. The fraction of sp³-hybridized carbons (Fsp3) is 0.222. The van der Waals surface area contributed by atoms with Gasteiger partial charge in [0.25, 0.3) is 0 Å². The Kier molecular flexibility index (Phi) is 5.57. The van der Waals surface area contributed by atoms with Crippen LogP contribution in [-0.4, -0.2) is 37.9 Å². The monoisotopic (exact) mass is 401 g/mol. The molecule has 3 rings (SSSR count). The van der Waals surface area contributed by atoms with E-state index >= 15 is 0 Å². The van der Waals surface area contributed by atoms with Gasteiger partial charge in [-0.05, 0) is 6.07 Å². The molecular formula is C18H17F2N7O2. The van der Waals surface area contributed by atoms with E-state index in [0.717, 1.165) is 0 Å². The van der Waals surface area contributed by atoms with E-state index < -0.39 is 11.7 Å². The van der Waals surface area contributed by atoms with Crippen LogP contribution in [0.25, 0.3) is 11.3 Å². The van der Waals surface area contributed by atoms with Crippen LogP contribution >= 0.6 is 0 Å². The molecule has 29 heavy (non-hydrogen) atoms. The molecule has 3 aromatic heterocycles. The van der Waals surface area contributed by atoms with Gasteiger partial charge >= 0.3 is 5.92 Å². The van der Waals surface area contributed by atoms with Gasteiger partial charge in [-0.2, -0.15) is 8.78 Å². The van der Waals surface area contributed by atoms with Crippen LogP contribution in [0.5, 0.6) is 5.88 Å². The zero-order valence-corrected chi connectivity index (χ0v) is 15.8. The van der Waals surface area contributed by atoms with Gasteiger partial charge in [-0.15, -0.1) is 0 Å². The topological polar surface area (TPSA) is 115 Å². The molecule has 0 saturated carbocycles. The Hall–Kier alpha value is -3.76. The number of pyridine rings is 1. The molecule has 0 aliphatic rings. The average molecular weight is 401 g/mol. The van der Waals surface area contributed by atoms with Crippen LogP contribution in [0, 0.1) is 0 Å². The number of rotatable bonds is 6. The number of nitrogens with zero attached hydrogens (tertiary/aromatic N) is 5. The number of methoxy groups -OCH3 is 1. The first-order valence-corrected chi connectivity index (χ1v) is 8.38. The first kappa shape index (κ1) is 20.0. The number of hydrogen-bond donors (Lipinski definition) is 2. The second-order valence-corrected chi connectivity index (χ2v) is 6.02. The molecule has 3 aromatic rings. The van der Waals surface area contributed by atoms with E-state index in [0.29, 0.717) is 23.9 Å². The molecule has 2 N–H and O–H groups in total. The summed E-state index contributed by atoms with van der Waals surface area (Å²) in [7, 11) is 1.46. The number of alkyl halides is 2. The molecule has 0 bridgehead atoms. The number of halogens is 2. The predicted octanol–water partition coefficient (Wildman–Crippen LogP) is 3.15. The van der Waals surface area contributed by atoms with Gasteiger partial charge in [-0.3, -0.25) is 9.78 Å². The standard InChI is InChI=1S/C18H17F2N7O2/c1-10(28)24-15-6-12(25-14-4-5-22-17(27-14)18(2,19)20)11(7-23-15)13-8-21-9-16(26-13)29-3/h4-9H,1-3H3,(H2,22,23,24,25,27,28). The number of anilines is 3. The molecule has 0 fully saturated rings. The Labute approximate surface area is 164 Å². The highest BCUT2D eigenvalue weighted by atomic mass is 19.3. The Balaban J connectivity index is 2.05. The average Bonchev–Trinajstić information content (AvgIpc) is 2.67. The van der Waals surface area contributed by atoms with Crippen molar-refractivity contribution < 1.29 is 18.3 Å². The molecule has 0 aliphatic carbocycles. The maximum Gasteiger partial charge on any atom is 0.303 e. The number of nitrogens with one attached hydrogen (secondary N) is 2. The highest BCUT2D eigenvalue weighted by Gasteiger charge is 2.28. The van der Waals surface area contributed by atoms with Gasteiger partial charge in [0, 0.05) is 37.9 Å². The van der Waals surface area contributed by atoms with Crippen molar-refractivity contribution >= 4 is 23.2 Å². The maximum atomic E-state index is 13.6. The normalized spacial score (nSPS) is 11.1. The molecule has 0 radical (unpaired) electrons. The molecule has 0 aromatic carbocycles. The molecule has 0 unspecified atom stereocenters. The molecule has 11 heteroatoms. The van der Waals surface area contributed by atoms with Crippen molar-refractivity contribution in [2.45, 2.75) is 19.8 Å². The lowest BCUT2D eigenvalue weighted by Crippen LogP contribution is -2.13. The van der Waals surface area contributed by atoms with Crippen LogP contribution in [0.4, 0.5) is 26.1 Å². The lowest BCUT2D eigenvalue weighted by molar-refractivity contribution is -0.114. The summed E-state index contributed by atoms with van der Waals surface area (Å²) >= 11 is 0. The summed E-state index contributed by atoms with van der Waals surface area (Å²) in [5.74, 6) is -3.45. The van der Waals surface area contributed by atoms with Crippen molar-refractivity contribution in [3.63, 3.8) is 0 Å². The van der Waals surface area contributed by atoms with Gasteiger partial charge in [0.2, 0.25) is 17.6 Å². The maximum absolute atomic E-state index is 13.6. The van der Waals surface area contributed by atoms with Crippen molar-refractivity contribution in [2.75, 3.05) is 17.7 Å². The third kappa shape index (κ3) is 4.94. The second kappa shape index (κ2) is 8.09. The van der Waals surface area contributed by atoms with Gasteiger partial charge in [0.1, 0.15) is 11.6 Å². The van der Waals surface area contributed by atoms with Crippen LogP contribution in [0.1, 0.15) is 19.7 Å². The van der Waals surface area contributed by atoms with Crippen molar-refractivity contribution in [3.8, 4) is 17.1 Å². The van der Waals surface area contributed by atoms with E-state index in [1.54, 1.807) is 0 Å². The fourth-order valence-electron chi connectivity index (χ4n) is 2.37. The predicted molar refractivity (Wildman–Crippen MR) is 101 cm³/mol. The smallest absolute Gasteiger partial charge is 0.303 e. The minimum atomic E-state index is -3.20. The lowest BCUT2D eigenvalue weighted by atomic mass is 10.1. The van der Waals surface area contributed by atoms with Gasteiger partial charge in [-0.1, -0.05) is 0 Å². The van der Waals surface area contributed by atoms with E-state index in [1.165, 1.54) is 51.0 Å². The third-order valence-corrected chi connectivity index (χ3v) is 3.62. The summed E-state index contributed by atoms with van der Waals surface area (Å²) in [6.07, 6.45) is 5.63.